The normalized spacial score (nSPS) is 12.6. The van der Waals surface area contributed by atoms with E-state index in [4.69, 9.17) is 0 Å². The maximum Gasteiger partial charge on any atom is 0.387 e. The second-order valence-electron chi connectivity index (χ2n) is 5.97. The van der Waals surface area contributed by atoms with E-state index in [2.05, 4.69) is 16.1 Å². The summed E-state index contributed by atoms with van der Waals surface area (Å²) in [7, 11) is 0. The van der Waals surface area contributed by atoms with E-state index in [1.54, 1.807) is 0 Å². The van der Waals surface area contributed by atoms with Crippen molar-refractivity contribution in [1.29, 1.82) is 0 Å². The monoisotopic (exact) mass is 339 g/mol. The standard InChI is InChI=1S/C20H15F2NO2/c21-20(22)25-15-9-7-14(8-10-15)23-19(24)17-11-6-13-5-4-12-2-1-3-16(17)18(12)13/h1-3,6-11,20H,4-5H2,(H,23,24). The van der Waals surface area contributed by atoms with Crippen LogP contribution in [0.25, 0.3) is 10.8 Å². The number of halogens is 2. The molecule has 0 saturated heterocycles. The van der Waals surface area contributed by atoms with E-state index >= 15 is 0 Å². The predicted octanol–water partition coefficient (Wildman–Crippen LogP) is 4.79. The highest BCUT2D eigenvalue weighted by atomic mass is 19.3. The van der Waals surface area contributed by atoms with Gasteiger partial charge in [-0.1, -0.05) is 24.3 Å². The molecule has 0 radical (unpaired) electrons. The van der Waals surface area contributed by atoms with Crippen molar-refractivity contribution in [1.82, 2.24) is 0 Å². The molecule has 3 nitrogen and oxygen atoms in total. The Kier molecular flexibility index (Phi) is 3.84. The lowest BCUT2D eigenvalue weighted by molar-refractivity contribution is -0.0498. The van der Waals surface area contributed by atoms with Crippen LogP contribution in [0.4, 0.5) is 14.5 Å². The average molecular weight is 339 g/mol. The molecule has 25 heavy (non-hydrogen) atoms. The molecule has 0 fully saturated rings. The van der Waals surface area contributed by atoms with Gasteiger partial charge in [-0.05, 0) is 65.1 Å². The summed E-state index contributed by atoms with van der Waals surface area (Å²) in [6.45, 7) is -2.87. The quantitative estimate of drug-likeness (QED) is 0.742. The first-order chi connectivity index (χ1) is 12.1. The van der Waals surface area contributed by atoms with E-state index < -0.39 is 6.61 Å². The highest BCUT2D eigenvalue weighted by Gasteiger charge is 2.18. The van der Waals surface area contributed by atoms with E-state index in [9.17, 15) is 13.6 Å². The molecular weight excluding hydrogens is 324 g/mol. The summed E-state index contributed by atoms with van der Waals surface area (Å²) in [5.74, 6) is -0.170. The van der Waals surface area contributed by atoms with Gasteiger partial charge in [-0.3, -0.25) is 4.79 Å². The molecule has 3 aromatic carbocycles. The maximum atomic E-state index is 12.7. The molecule has 1 N–H and O–H groups in total. The van der Waals surface area contributed by atoms with E-state index in [0.29, 0.717) is 11.3 Å². The molecular formula is C20H15F2NO2. The van der Waals surface area contributed by atoms with Gasteiger partial charge in [0.15, 0.2) is 0 Å². The molecule has 0 atom stereocenters. The van der Waals surface area contributed by atoms with Crippen LogP contribution in [0.3, 0.4) is 0 Å². The average Bonchev–Trinajstić information content (AvgIpc) is 3.02. The summed E-state index contributed by atoms with van der Waals surface area (Å²) in [5.41, 5.74) is 3.68. The van der Waals surface area contributed by atoms with Gasteiger partial charge in [-0.15, -0.1) is 0 Å². The fraction of sp³-hybridized carbons (Fsp3) is 0.150. The molecule has 0 bridgehead atoms. The first kappa shape index (κ1) is 15.6. The Hall–Kier alpha value is -2.95. The number of rotatable bonds is 4. The summed E-state index contributed by atoms with van der Waals surface area (Å²) < 4.78 is 28.7. The van der Waals surface area contributed by atoms with E-state index in [1.807, 2.05) is 24.3 Å². The van der Waals surface area contributed by atoms with Crippen LogP contribution in [0.5, 0.6) is 5.75 Å². The molecule has 0 spiro atoms. The molecule has 1 aliphatic carbocycles. The summed E-state index contributed by atoms with van der Waals surface area (Å²) >= 11 is 0. The van der Waals surface area contributed by atoms with Crippen molar-refractivity contribution < 1.29 is 18.3 Å². The number of alkyl halides is 2. The highest BCUT2D eigenvalue weighted by molar-refractivity contribution is 6.14. The third-order valence-electron chi connectivity index (χ3n) is 4.46. The zero-order valence-corrected chi connectivity index (χ0v) is 13.3. The number of carbonyl (C=O) groups is 1. The van der Waals surface area contributed by atoms with Crippen molar-refractivity contribution in [2.75, 3.05) is 5.32 Å². The lowest BCUT2D eigenvalue weighted by atomic mass is 9.99. The minimum absolute atomic E-state index is 0.0540. The van der Waals surface area contributed by atoms with E-state index in [1.165, 1.54) is 40.8 Å². The Labute approximate surface area is 143 Å². The van der Waals surface area contributed by atoms with Gasteiger partial charge in [0.2, 0.25) is 0 Å². The molecule has 0 heterocycles. The molecule has 3 aromatic rings. The van der Waals surface area contributed by atoms with Crippen molar-refractivity contribution in [3.05, 3.63) is 71.3 Å². The Morgan fingerprint density at radius 2 is 1.68 bits per heavy atom. The number of carbonyl (C=O) groups excluding carboxylic acids is 1. The van der Waals surface area contributed by atoms with Crippen molar-refractivity contribution >= 4 is 22.4 Å². The van der Waals surface area contributed by atoms with Crippen molar-refractivity contribution in [3.8, 4) is 5.75 Å². The number of hydrogen-bond acceptors (Lipinski definition) is 2. The predicted molar refractivity (Wildman–Crippen MR) is 92.4 cm³/mol. The van der Waals surface area contributed by atoms with Crippen LogP contribution in [0.1, 0.15) is 21.5 Å². The molecule has 0 aliphatic heterocycles. The molecule has 0 unspecified atom stereocenters. The first-order valence-corrected chi connectivity index (χ1v) is 8.01. The van der Waals surface area contributed by atoms with E-state index in [0.717, 1.165) is 18.2 Å². The Balaban J connectivity index is 1.61. The SMILES string of the molecule is O=C(Nc1ccc(OC(F)F)cc1)c1ccc2c3c(cccc13)CC2. The van der Waals surface area contributed by atoms with Crippen LogP contribution in [0.15, 0.2) is 54.6 Å². The molecule has 5 heteroatoms. The third kappa shape index (κ3) is 2.93. The number of ether oxygens (including phenoxy) is 1. The minimum Gasteiger partial charge on any atom is -0.435 e. The van der Waals surface area contributed by atoms with Gasteiger partial charge in [0.05, 0.1) is 0 Å². The summed E-state index contributed by atoms with van der Waals surface area (Å²) in [5, 5.41) is 4.93. The molecule has 0 saturated carbocycles. The fourth-order valence-electron chi connectivity index (χ4n) is 3.36. The van der Waals surface area contributed by atoms with E-state index in [-0.39, 0.29) is 11.7 Å². The van der Waals surface area contributed by atoms with Gasteiger partial charge in [-0.25, -0.2) is 0 Å². The van der Waals surface area contributed by atoms with Crippen LogP contribution >= 0.6 is 0 Å². The molecule has 0 aromatic heterocycles. The lowest BCUT2D eigenvalue weighted by Crippen LogP contribution is -2.12. The second kappa shape index (κ2) is 6.16. The largest absolute Gasteiger partial charge is 0.435 e. The van der Waals surface area contributed by atoms with Gasteiger partial charge in [0.25, 0.3) is 5.91 Å². The maximum absolute atomic E-state index is 12.7. The topological polar surface area (TPSA) is 38.3 Å². The Bertz CT molecular complexity index is 942. The number of anilines is 1. The fourth-order valence-corrected chi connectivity index (χ4v) is 3.36. The van der Waals surface area contributed by atoms with Crippen LogP contribution in [0, 0.1) is 0 Å². The molecule has 1 amide bonds. The molecule has 126 valence electrons. The first-order valence-electron chi connectivity index (χ1n) is 8.01. The van der Waals surface area contributed by atoms with Gasteiger partial charge in [-0.2, -0.15) is 8.78 Å². The van der Waals surface area contributed by atoms with Crippen molar-refractivity contribution in [3.63, 3.8) is 0 Å². The van der Waals surface area contributed by atoms with Gasteiger partial charge >= 0.3 is 6.61 Å². The zero-order valence-electron chi connectivity index (χ0n) is 13.3. The third-order valence-corrected chi connectivity index (χ3v) is 4.46. The van der Waals surface area contributed by atoms with Crippen LogP contribution in [-0.4, -0.2) is 12.5 Å². The number of amides is 1. The number of nitrogens with one attached hydrogen (secondary N) is 1. The van der Waals surface area contributed by atoms with Gasteiger partial charge < -0.3 is 10.1 Å². The summed E-state index contributed by atoms with van der Waals surface area (Å²) in [4.78, 5) is 12.7. The van der Waals surface area contributed by atoms with Crippen LogP contribution < -0.4 is 10.1 Å². The van der Waals surface area contributed by atoms with Crippen molar-refractivity contribution in [2.45, 2.75) is 19.5 Å². The number of benzene rings is 3. The summed E-state index contributed by atoms with van der Waals surface area (Å²) in [6, 6.07) is 15.8. The summed E-state index contributed by atoms with van der Waals surface area (Å²) in [6.07, 6.45) is 2.01. The van der Waals surface area contributed by atoms with Crippen LogP contribution in [0.2, 0.25) is 0 Å². The highest BCUT2D eigenvalue weighted by Crippen LogP contribution is 2.33. The Morgan fingerprint density at radius 1 is 0.960 bits per heavy atom. The van der Waals surface area contributed by atoms with Gasteiger partial charge in [0, 0.05) is 11.3 Å². The number of hydrogen-bond donors (Lipinski definition) is 1. The second-order valence-corrected chi connectivity index (χ2v) is 5.97. The van der Waals surface area contributed by atoms with Gasteiger partial charge in [0.1, 0.15) is 5.75 Å². The smallest absolute Gasteiger partial charge is 0.387 e. The van der Waals surface area contributed by atoms with Crippen molar-refractivity contribution in [2.24, 2.45) is 0 Å². The minimum atomic E-state index is -2.87. The molecule has 1 aliphatic rings. The zero-order chi connectivity index (χ0) is 17.4. The Morgan fingerprint density at radius 3 is 2.40 bits per heavy atom. The number of aryl methyl sites for hydroxylation is 2. The lowest BCUT2D eigenvalue weighted by Gasteiger charge is -2.10. The van der Waals surface area contributed by atoms with Crippen LogP contribution in [-0.2, 0) is 12.8 Å². The molecule has 4 rings (SSSR count).